The molecule has 2 heterocycles. The van der Waals surface area contributed by atoms with Crippen LogP contribution in [-0.4, -0.2) is 84.4 Å². The second-order valence-electron chi connectivity index (χ2n) is 10.6. The summed E-state index contributed by atoms with van der Waals surface area (Å²) >= 11 is 5.88. The maximum atomic E-state index is 12.8. The van der Waals surface area contributed by atoms with Crippen molar-refractivity contribution in [3.63, 3.8) is 0 Å². The molecule has 13 heteroatoms. The number of nitrogens with two attached hydrogens (primary N) is 3. The molecular weight excluding hydrogens is 529 g/mol. The van der Waals surface area contributed by atoms with Gasteiger partial charge >= 0.3 is 0 Å². The van der Waals surface area contributed by atoms with Crippen molar-refractivity contribution >= 4 is 41.0 Å². The second kappa shape index (κ2) is 13.1. The summed E-state index contributed by atoms with van der Waals surface area (Å²) < 4.78 is 0.586. The zero-order valence-corrected chi connectivity index (χ0v) is 23.6. The molecule has 0 spiro atoms. The highest BCUT2D eigenvalue weighted by Gasteiger charge is 2.36. The monoisotopic (exact) mass is 565 g/mol. The Balaban J connectivity index is 0.00000507. The van der Waals surface area contributed by atoms with Crippen LogP contribution in [0.2, 0.25) is 5.15 Å². The van der Waals surface area contributed by atoms with E-state index in [1.54, 1.807) is 0 Å². The highest BCUT2D eigenvalue weighted by atomic mass is 35.5. The number of rotatable bonds is 8. The molecule has 1 aliphatic heterocycles. The topological polar surface area (TPSA) is 166 Å². The summed E-state index contributed by atoms with van der Waals surface area (Å²) in [5, 5.41) is 2.38. The summed E-state index contributed by atoms with van der Waals surface area (Å²) in [4.78, 5) is 39.5. The number of carbonyl (C=O) groups is 2. The number of nitrogens with zero attached hydrogens (tertiary/aromatic N) is 5. The molecule has 0 radical (unpaired) electrons. The number of aliphatic imine (C=N–C) groups is 1. The lowest BCUT2D eigenvalue weighted by Gasteiger charge is -2.42. The van der Waals surface area contributed by atoms with Crippen molar-refractivity contribution in [1.82, 2.24) is 20.2 Å². The molecule has 1 fully saturated rings. The van der Waals surface area contributed by atoms with Crippen LogP contribution >= 0.6 is 11.6 Å². The third-order valence-corrected chi connectivity index (χ3v) is 6.80. The van der Waals surface area contributed by atoms with E-state index in [9.17, 15) is 9.59 Å². The fraction of sp³-hybridized carbons (Fsp3) is 0.480. The number of halogens is 2. The van der Waals surface area contributed by atoms with Gasteiger partial charge in [0.2, 0.25) is 0 Å². The van der Waals surface area contributed by atoms with Gasteiger partial charge in [0, 0.05) is 19.6 Å². The Morgan fingerprint density at radius 3 is 2.34 bits per heavy atom. The molecule has 2 aromatic rings. The molecule has 1 aromatic carbocycles. The number of likely N-dealkylation sites (N-methyl/N-ethyl adjacent to an activating group) is 1. The molecular formula is C25H37Cl2N9O2. The molecule has 1 aromatic heterocycles. The maximum Gasteiger partial charge on any atom is 0.280 e. The van der Waals surface area contributed by atoms with Gasteiger partial charge in [0.25, 0.3) is 11.8 Å². The van der Waals surface area contributed by atoms with Crippen molar-refractivity contribution in [2.45, 2.75) is 25.7 Å². The van der Waals surface area contributed by atoms with Crippen LogP contribution < -0.4 is 34.9 Å². The molecule has 38 heavy (non-hydrogen) atoms. The maximum absolute atomic E-state index is 12.8. The zero-order valence-electron chi connectivity index (χ0n) is 22.1. The molecule has 11 nitrogen and oxygen atoms in total. The number of anilines is 2. The van der Waals surface area contributed by atoms with Gasteiger partial charge in [0.1, 0.15) is 0 Å². The van der Waals surface area contributed by atoms with E-state index in [2.05, 4.69) is 32.4 Å². The van der Waals surface area contributed by atoms with Crippen LogP contribution in [-0.2, 0) is 11.2 Å². The molecule has 7 N–H and O–H groups in total. The molecule has 0 bridgehead atoms. The van der Waals surface area contributed by atoms with Crippen LogP contribution in [0, 0.1) is 5.41 Å². The number of quaternary nitrogens is 1. The number of nitrogens with one attached hydrogen (secondary N) is 1. The average Bonchev–Trinajstić information content (AvgIpc) is 2.84. The summed E-state index contributed by atoms with van der Waals surface area (Å²) in [6, 6.07) is 10.3. The van der Waals surface area contributed by atoms with Crippen molar-refractivity contribution < 1.29 is 26.5 Å². The highest BCUT2D eigenvalue weighted by Crippen LogP contribution is 2.37. The number of amides is 2. The van der Waals surface area contributed by atoms with Gasteiger partial charge in [-0.3, -0.25) is 19.9 Å². The van der Waals surface area contributed by atoms with Crippen LogP contribution in [0.4, 0.5) is 11.6 Å². The summed E-state index contributed by atoms with van der Waals surface area (Å²) in [5.74, 6) is -0.796. The van der Waals surface area contributed by atoms with Gasteiger partial charge in [-0.15, -0.1) is 0 Å². The minimum absolute atomic E-state index is 0. The number of aryl methyl sites for hydroxylation is 1. The van der Waals surface area contributed by atoms with Crippen LogP contribution in [0.1, 0.15) is 35.3 Å². The number of aromatic nitrogens is 2. The summed E-state index contributed by atoms with van der Waals surface area (Å²) in [6.07, 6.45) is 3.34. The number of guanidine groups is 1. The Morgan fingerprint density at radius 1 is 1.11 bits per heavy atom. The number of hydrogen-bond acceptors (Lipinski definition) is 7. The molecule has 3 rings (SSSR count). The Bertz CT molecular complexity index is 1150. The first-order chi connectivity index (χ1) is 17.4. The summed E-state index contributed by atoms with van der Waals surface area (Å²) in [5.41, 5.74) is 18.3. The minimum atomic E-state index is -0.674. The number of nitrogen functional groups attached to an aromatic ring is 2. The molecule has 2 amide bonds. The van der Waals surface area contributed by atoms with E-state index >= 15 is 0 Å². The van der Waals surface area contributed by atoms with Gasteiger partial charge in [-0.2, -0.15) is 0 Å². The van der Waals surface area contributed by atoms with Gasteiger partial charge in [-0.05, 0) is 36.7 Å². The Hall–Kier alpha value is -3.15. The van der Waals surface area contributed by atoms with Gasteiger partial charge in [0.05, 0.1) is 21.1 Å². The highest BCUT2D eigenvalue weighted by molar-refractivity contribution is 6.31. The third-order valence-electron chi connectivity index (χ3n) is 6.52. The van der Waals surface area contributed by atoms with Crippen LogP contribution in [0.15, 0.2) is 35.3 Å². The van der Waals surface area contributed by atoms with Crippen LogP contribution in [0.3, 0.4) is 0 Å². The Kier molecular flexibility index (Phi) is 10.7. The molecule has 0 aliphatic carbocycles. The number of piperidine rings is 1. The number of hydrogen-bond donors (Lipinski definition) is 4. The quantitative estimate of drug-likeness (QED) is 0.168. The van der Waals surface area contributed by atoms with Crippen LogP contribution in [0.25, 0.3) is 0 Å². The van der Waals surface area contributed by atoms with Gasteiger partial charge < -0.3 is 39.0 Å². The second-order valence-corrected chi connectivity index (χ2v) is 11.0. The smallest absolute Gasteiger partial charge is 0.280 e. The molecule has 208 valence electrons. The number of carbonyl (C=O) groups excluding carboxylic acids is 2. The Labute approximate surface area is 234 Å². The first-order valence-corrected chi connectivity index (χ1v) is 12.6. The van der Waals surface area contributed by atoms with Crippen molar-refractivity contribution in [1.29, 1.82) is 0 Å². The molecule has 0 unspecified atom stereocenters. The van der Waals surface area contributed by atoms with Crippen molar-refractivity contribution in [2.24, 2.45) is 16.1 Å². The Morgan fingerprint density at radius 2 is 1.74 bits per heavy atom. The van der Waals surface area contributed by atoms with Crippen LogP contribution in [0.5, 0.6) is 0 Å². The van der Waals surface area contributed by atoms with E-state index in [1.807, 2.05) is 44.2 Å². The SMILES string of the molecule is C[N+](C)(C)CC(=O)N1CCC(CCc2ccccc2)(CN=C(N)NC(=O)c2nc(Cl)c(N)nc2N)CC1.[Cl-]. The summed E-state index contributed by atoms with van der Waals surface area (Å²) in [6.45, 7) is 2.18. The van der Waals surface area contributed by atoms with Gasteiger partial charge in [0.15, 0.2) is 35.0 Å². The van der Waals surface area contributed by atoms with Crippen molar-refractivity contribution in [3.8, 4) is 0 Å². The third kappa shape index (κ3) is 8.71. The summed E-state index contributed by atoms with van der Waals surface area (Å²) in [7, 11) is 6.03. The zero-order chi connectivity index (χ0) is 27.2. The number of benzene rings is 1. The predicted molar refractivity (Wildman–Crippen MR) is 146 cm³/mol. The lowest BCUT2D eigenvalue weighted by molar-refractivity contribution is -0.862. The first-order valence-electron chi connectivity index (χ1n) is 12.2. The molecule has 0 atom stereocenters. The fourth-order valence-corrected chi connectivity index (χ4v) is 4.48. The predicted octanol–water partition coefficient (Wildman–Crippen LogP) is -1.71. The standard InChI is InChI=1S/C25H36ClN9O2.ClH/c1-35(2,3)15-18(36)34-13-11-25(12-14-34,10-9-17-7-5-4-6-8-17)16-30-24(29)33-23(37)19-21(27)32-22(28)20(26)31-19;/h4-8H,9-16H2,1-3H3,(H6-,27,28,29,30,32,33,37);1H. The fourth-order valence-electron chi connectivity index (χ4n) is 4.35. The van der Waals surface area contributed by atoms with Gasteiger partial charge in [-0.1, -0.05) is 41.9 Å². The number of likely N-dealkylation sites (tertiary alicyclic amines) is 1. The minimum Gasteiger partial charge on any atom is -1.00 e. The van der Waals surface area contributed by atoms with Gasteiger partial charge in [-0.25, -0.2) is 9.97 Å². The molecule has 0 saturated carbocycles. The van der Waals surface area contributed by atoms with E-state index in [-0.39, 0.29) is 52.2 Å². The van der Waals surface area contributed by atoms with Crippen molar-refractivity contribution in [3.05, 3.63) is 46.7 Å². The lowest BCUT2D eigenvalue weighted by atomic mass is 9.74. The average molecular weight is 567 g/mol. The van der Waals surface area contributed by atoms with Crippen molar-refractivity contribution in [2.75, 3.05) is 58.8 Å². The normalized spacial score (nSPS) is 15.5. The lowest BCUT2D eigenvalue weighted by Crippen LogP contribution is -3.00. The molecule has 1 saturated heterocycles. The molecule has 1 aliphatic rings. The van der Waals surface area contributed by atoms with E-state index in [0.717, 1.165) is 25.7 Å². The van der Waals surface area contributed by atoms with E-state index in [1.165, 1.54) is 5.56 Å². The van der Waals surface area contributed by atoms with E-state index < -0.39 is 5.91 Å². The first kappa shape index (κ1) is 31.1. The largest absolute Gasteiger partial charge is 1.00 e. The van der Waals surface area contributed by atoms with E-state index in [0.29, 0.717) is 30.7 Å². The van der Waals surface area contributed by atoms with E-state index in [4.69, 9.17) is 28.8 Å².